The van der Waals surface area contributed by atoms with E-state index in [1.165, 1.54) is 0 Å². The minimum Gasteiger partial charge on any atom is -0.473 e. The molecular weight excluding hydrogens is 312 g/mol. The molecule has 0 bridgehead atoms. The van der Waals surface area contributed by atoms with E-state index in [-0.39, 0.29) is 16.8 Å². The number of amides is 1. The van der Waals surface area contributed by atoms with Crippen molar-refractivity contribution >= 4 is 17.7 Å². The van der Waals surface area contributed by atoms with Gasteiger partial charge in [-0.1, -0.05) is 6.07 Å². The van der Waals surface area contributed by atoms with E-state index in [1.807, 2.05) is 41.9 Å². The van der Waals surface area contributed by atoms with Crippen molar-refractivity contribution in [3.63, 3.8) is 0 Å². The van der Waals surface area contributed by atoms with Crippen LogP contribution in [-0.4, -0.2) is 55.0 Å². The maximum atomic E-state index is 12.4. The van der Waals surface area contributed by atoms with Crippen molar-refractivity contribution in [1.82, 2.24) is 19.4 Å². The number of hydrogen-bond acceptors (Lipinski definition) is 5. The van der Waals surface area contributed by atoms with E-state index in [0.717, 1.165) is 25.3 Å². The van der Waals surface area contributed by atoms with Gasteiger partial charge in [-0.15, -0.1) is 11.8 Å². The molecule has 0 N–H and O–H groups in total. The summed E-state index contributed by atoms with van der Waals surface area (Å²) in [4.78, 5) is 22.6. The average Bonchev–Trinajstić information content (AvgIpc) is 3.13. The van der Waals surface area contributed by atoms with Gasteiger partial charge in [-0.2, -0.15) is 0 Å². The molecule has 0 radical (unpaired) electrons. The molecule has 0 aliphatic carbocycles. The van der Waals surface area contributed by atoms with Crippen LogP contribution in [0.4, 0.5) is 0 Å². The average molecular weight is 330 g/mol. The van der Waals surface area contributed by atoms with Crippen molar-refractivity contribution in [2.75, 3.05) is 18.8 Å². The Hall–Kier alpha value is -2.02. The molecule has 7 heteroatoms. The van der Waals surface area contributed by atoms with Gasteiger partial charge < -0.3 is 14.2 Å². The first-order chi connectivity index (χ1) is 11.1. The molecule has 2 fully saturated rings. The first-order valence-electron chi connectivity index (χ1n) is 7.62. The van der Waals surface area contributed by atoms with Crippen molar-refractivity contribution in [2.45, 2.75) is 17.3 Å². The number of thioether (sulfide) groups is 1. The number of hydrogen-bond donors (Lipinski definition) is 0. The zero-order chi connectivity index (χ0) is 15.9. The zero-order valence-electron chi connectivity index (χ0n) is 12.9. The molecule has 6 nitrogen and oxygen atoms in total. The molecule has 4 rings (SSSR count). The second-order valence-corrected chi connectivity index (χ2v) is 7.68. The summed E-state index contributed by atoms with van der Waals surface area (Å²) in [6, 6.07) is 5.69. The second-order valence-electron chi connectivity index (χ2n) is 6.19. The number of aromatic nitrogens is 3. The highest BCUT2D eigenvalue weighted by molar-refractivity contribution is 8.01. The maximum absolute atomic E-state index is 12.4. The Kier molecular flexibility index (Phi) is 3.52. The number of imidazole rings is 1. The molecule has 2 saturated heterocycles. The standard InChI is InChI=1S/C16H18N4O2S/c1-19-7-13(18-11-19)15(21)20-9-16(10-20)6-12(8-23-16)22-14-4-2-3-5-17-14/h2-5,7,11-12H,6,8-10H2,1H3. The number of likely N-dealkylation sites (tertiary alicyclic amines) is 1. The maximum Gasteiger partial charge on any atom is 0.274 e. The molecule has 2 aliphatic rings. The highest BCUT2D eigenvalue weighted by Crippen LogP contribution is 2.46. The van der Waals surface area contributed by atoms with Crippen LogP contribution in [0.2, 0.25) is 0 Å². The van der Waals surface area contributed by atoms with Gasteiger partial charge in [0.25, 0.3) is 5.91 Å². The van der Waals surface area contributed by atoms with E-state index in [9.17, 15) is 4.79 Å². The summed E-state index contributed by atoms with van der Waals surface area (Å²) in [6.45, 7) is 1.55. The predicted molar refractivity (Wildman–Crippen MR) is 87.6 cm³/mol. The molecule has 0 saturated carbocycles. The van der Waals surface area contributed by atoms with E-state index in [2.05, 4.69) is 9.97 Å². The SMILES string of the molecule is Cn1cnc(C(=O)N2CC3(CC(Oc4ccccn4)CS3)C2)c1. The Morgan fingerprint density at radius 2 is 2.26 bits per heavy atom. The molecule has 23 heavy (non-hydrogen) atoms. The van der Waals surface area contributed by atoms with Gasteiger partial charge in [0.1, 0.15) is 11.8 Å². The second kappa shape index (κ2) is 5.56. The largest absolute Gasteiger partial charge is 0.473 e. The fourth-order valence-corrected chi connectivity index (χ4v) is 4.69. The van der Waals surface area contributed by atoms with E-state index in [4.69, 9.17) is 4.74 Å². The molecule has 1 spiro atoms. The van der Waals surface area contributed by atoms with Gasteiger partial charge >= 0.3 is 0 Å². The smallest absolute Gasteiger partial charge is 0.274 e. The summed E-state index contributed by atoms with van der Waals surface area (Å²) in [6.07, 6.45) is 6.29. The van der Waals surface area contributed by atoms with Gasteiger partial charge in [-0.05, 0) is 6.07 Å². The van der Waals surface area contributed by atoms with Gasteiger partial charge in [0.2, 0.25) is 5.88 Å². The summed E-state index contributed by atoms with van der Waals surface area (Å²) < 4.78 is 7.88. The van der Waals surface area contributed by atoms with Gasteiger partial charge in [-0.3, -0.25) is 4.79 Å². The monoisotopic (exact) mass is 330 g/mol. The third kappa shape index (κ3) is 2.81. The van der Waals surface area contributed by atoms with E-state index in [1.54, 1.807) is 23.3 Å². The molecule has 2 aromatic rings. The molecule has 1 unspecified atom stereocenters. The normalized spacial score (nSPS) is 22.1. The summed E-state index contributed by atoms with van der Waals surface area (Å²) in [5.41, 5.74) is 0.520. The van der Waals surface area contributed by atoms with Crippen LogP contribution in [0.15, 0.2) is 36.9 Å². The van der Waals surface area contributed by atoms with Crippen molar-refractivity contribution in [3.05, 3.63) is 42.6 Å². The molecule has 1 amide bonds. The fraction of sp³-hybridized carbons (Fsp3) is 0.438. The Morgan fingerprint density at radius 3 is 2.96 bits per heavy atom. The summed E-state index contributed by atoms with van der Waals surface area (Å²) in [5.74, 6) is 1.64. The Morgan fingerprint density at radius 1 is 1.39 bits per heavy atom. The number of pyridine rings is 1. The van der Waals surface area contributed by atoms with Crippen molar-refractivity contribution in [1.29, 1.82) is 0 Å². The minimum atomic E-state index is 0.0194. The molecule has 2 aromatic heterocycles. The summed E-state index contributed by atoms with van der Waals surface area (Å²) in [7, 11) is 1.87. The summed E-state index contributed by atoms with van der Waals surface area (Å²) >= 11 is 1.91. The minimum absolute atomic E-state index is 0.0194. The molecule has 1 atom stereocenters. The number of ether oxygens (including phenoxy) is 1. The number of rotatable bonds is 3. The number of carbonyl (C=O) groups excluding carboxylic acids is 1. The first kappa shape index (κ1) is 14.6. The van der Waals surface area contributed by atoms with Crippen LogP contribution in [-0.2, 0) is 7.05 Å². The fourth-order valence-electron chi connectivity index (χ4n) is 3.16. The van der Waals surface area contributed by atoms with Crippen LogP contribution in [0, 0.1) is 0 Å². The Labute approximate surface area is 138 Å². The molecule has 120 valence electrons. The molecule has 4 heterocycles. The highest BCUT2D eigenvalue weighted by atomic mass is 32.2. The molecule has 0 aromatic carbocycles. The predicted octanol–water partition coefficient (Wildman–Crippen LogP) is 1.59. The van der Waals surface area contributed by atoms with Crippen LogP contribution < -0.4 is 4.74 Å². The van der Waals surface area contributed by atoms with Crippen LogP contribution in [0.1, 0.15) is 16.9 Å². The quantitative estimate of drug-likeness (QED) is 0.855. The van der Waals surface area contributed by atoms with Crippen molar-refractivity contribution < 1.29 is 9.53 Å². The lowest BCUT2D eigenvalue weighted by atomic mass is 9.92. The van der Waals surface area contributed by atoms with Gasteiger partial charge in [0.05, 0.1) is 11.1 Å². The molecular formula is C16H18N4O2S. The topological polar surface area (TPSA) is 60.2 Å². The summed E-state index contributed by atoms with van der Waals surface area (Å²) in [5, 5.41) is 0. The lowest BCUT2D eigenvalue weighted by Crippen LogP contribution is -2.60. The number of aryl methyl sites for hydroxylation is 1. The van der Waals surface area contributed by atoms with Crippen LogP contribution >= 0.6 is 11.8 Å². The highest BCUT2D eigenvalue weighted by Gasteiger charge is 2.51. The van der Waals surface area contributed by atoms with E-state index in [0.29, 0.717) is 11.6 Å². The van der Waals surface area contributed by atoms with E-state index >= 15 is 0 Å². The van der Waals surface area contributed by atoms with Gasteiger partial charge in [0, 0.05) is 50.8 Å². The van der Waals surface area contributed by atoms with E-state index < -0.39 is 0 Å². The Bertz CT molecular complexity index is 712. The molecule has 2 aliphatic heterocycles. The lowest BCUT2D eigenvalue weighted by molar-refractivity contribution is 0.0510. The number of nitrogens with zero attached hydrogens (tertiary/aromatic N) is 4. The number of carbonyl (C=O) groups is 1. The van der Waals surface area contributed by atoms with Crippen molar-refractivity contribution in [2.24, 2.45) is 7.05 Å². The van der Waals surface area contributed by atoms with Crippen LogP contribution in [0.25, 0.3) is 0 Å². The third-order valence-electron chi connectivity index (χ3n) is 4.27. The zero-order valence-corrected chi connectivity index (χ0v) is 13.7. The van der Waals surface area contributed by atoms with Crippen LogP contribution in [0.5, 0.6) is 5.88 Å². The van der Waals surface area contributed by atoms with Crippen molar-refractivity contribution in [3.8, 4) is 5.88 Å². The van der Waals surface area contributed by atoms with Gasteiger partial charge in [-0.25, -0.2) is 9.97 Å². The Balaban J connectivity index is 1.33. The van der Waals surface area contributed by atoms with Crippen LogP contribution in [0.3, 0.4) is 0 Å². The van der Waals surface area contributed by atoms with Gasteiger partial charge in [0.15, 0.2) is 0 Å². The lowest BCUT2D eigenvalue weighted by Gasteiger charge is -2.47. The first-order valence-corrected chi connectivity index (χ1v) is 8.61. The third-order valence-corrected chi connectivity index (χ3v) is 5.85.